The molecule has 0 atom stereocenters. The van der Waals surface area contributed by atoms with E-state index in [1.165, 1.54) is 43.8 Å². The second kappa shape index (κ2) is 14.6. The van der Waals surface area contributed by atoms with Crippen molar-refractivity contribution in [2.75, 3.05) is 0 Å². The number of Topliss-reactive ketones (excluding diaryl/α,β-unsaturated/α-hetero) is 2. The predicted molar refractivity (Wildman–Crippen MR) is 156 cm³/mol. The molecule has 0 unspecified atom stereocenters. The smallest absolute Gasteiger partial charge is 0.300 e. The zero-order valence-corrected chi connectivity index (χ0v) is 25.0. The summed E-state index contributed by atoms with van der Waals surface area (Å²) in [5.74, 6) is -0.125. The number of hydrogen-bond acceptors (Lipinski definition) is 6. The fraction of sp³-hybridized carbons (Fsp3) is 0.0968. The van der Waals surface area contributed by atoms with Crippen LogP contribution in [0.1, 0.15) is 20.3 Å². The molecule has 4 nitrogen and oxygen atoms in total. The SMILES string of the molecule is CC(=O)CC(C)=O.[Ir+3].c1ccc(-c2cc3ccccc3s2)nc1.c1ccc(-c2cc3ccccc3s2)nc1. The molecule has 4 heterocycles. The summed E-state index contributed by atoms with van der Waals surface area (Å²) in [5.41, 5.74) is 2.11. The monoisotopic (exact) mass is 715 g/mol. The molecule has 0 amide bonds. The van der Waals surface area contributed by atoms with Crippen LogP contribution < -0.4 is 0 Å². The molecule has 2 aromatic carbocycles. The number of pyridine rings is 2. The molecule has 0 fully saturated rings. The summed E-state index contributed by atoms with van der Waals surface area (Å²) in [7, 11) is 0. The molecule has 0 saturated heterocycles. The molecule has 4 aromatic heterocycles. The number of hydrogen-bond donors (Lipinski definition) is 0. The molecule has 38 heavy (non-hydrogen) atoms. The van der Waals surface area contributed by atoms with Crippen molar-refractivity contribution in [3.63, 3.8) is 0 Å². The Kier molecular flexibility index (Phi) is 11.2. The molecule has 0 N–H and O–H groups in total. The maximum Gasteiger partial charge on any atom is 3.00 e. The molecular weight excluding hydrogens is 689 g/mol. The van der Waals surface area contributed by atoms with Crippen molar-refractivity contribution >= 4 is 54.4 Å². The molecule has 0 spiro atoms. The number of fused-ring (bicyclic) bond motifs is 2. The summed E-state index contributed by atoms with van der Waals surface area (Å²) >= 11 is 3.58. The molecule has 7 heteroatoms. The Morgan fingerprint density at radius 1 is 0.605 bits per heavy atom. The summed E-state index contributed by atoms with van der Waals surface area (Å²) in [6, 6.07) is 33.2. The van der Waals surface area contributed by atoms with E-state index in [-0.39, 0.29) is 38.1 Å². The van der Waals surface area contributed by atoms with Gasteiger partial charge in [-0.25, -0.2) is 0 Å². The summed E-state index contributed by atoms with van der Waals surface area (Å²) in [6.07, 6.45) is 3.75. The minimum Gasteiger partial charge on any atom is -0.300 e. The van der Waals surface area contributed by atoms with Crippen LogP contribution in [-0.2, 0) is 29.7 Å². The third-order valence-corrected chi connectivity index (χ3v) is 7.46. The average Bonchev–Trinajstić information content (AvgIpc) is 3.54. The largest absolute Gasteiger partial charge is 3.00 e. The molecule has 190 valence electrons. The van der Waals surface area contributed by atoms with Crippen LogP contribution in [0, 0.1) is 0 Å². The van der Waals surface area contributed by atoms with E-state index in [0.717, 1.165) is 11.4 Å². The second-order valence-corrected chi connectivity index (χ2v) is 10.5. The minimum atomic E-state index is -0.0625. The van der Waals surface area contributed by atoms with Gasteiger partial charge in [-0.3, -0.25) is 19.6 Å². The van der Waals surface area contributed by atoms with E-state index < -0.39 is 0 Å². The maximum atomic E-state index is 10.0. The van der Waals surface area contributed by atoms with Gasteiger partial charge < -0.3 is 0 Å². The normalized spacial score (nSPS) is 9.95. The molecule has 0 aliphatic rings. The summed E-state index contributed by atoms with van der Waals surface area (Å²) in [5, 5.41) is 2.59. The van der Waals surface area contributed by atoms with Gasteiger partial charge in [-0.05, 0) is 73.2 Å². The van der Waals surface area contributed by atoms with Gasteiger partial charge in [-0.2, -0.15) is 0 Å². The summed E-state index contributed by atoms with van der Waals surface area (Å²) in [6.45, 7) is 2.81. The van der Waals surface area contributed by atoms with Crippen LogP contribution in [0.3, 0.4) is 0 Å². The molecular formula is C31H26IrN2O2S2+3. The van der Waals surface area contributed by atoms with Gasteiger partial charge in [-0.1, -0.05) is 48.5 Å². The second-order valence-electron chi connectivity index (χ2n) is 8.31. The Morgan fingerprint density at radius 3 is 1.32 bits per heavy atom. The minimum absolute atomic E-state index is 0. The Morgan fingerprint density at radius 2 is 1.00 bits per heavy atom. The molecule has 0 aliphatic heterocycles. The van der Waals surface area contributed by atoms with E-state index in [4.69, 9.17) is 0 Å². The predicted octanol–water partition coefficient (Wildman–Crippen LogP) is 8.48. The van der Waals surface area contributed by atoms with Crippen molar-refractivity contribution in [1.29, 1.82) is 0 Å². The van der Waals surface area contributed by atoms with E-state index in [9.17, 15) is 9.59 Å². The van der Waals surface area contributed by atoms with Crippen LogP contribution >= 0.6 is 22.7 Å². The van der Waals surface area contributed by atoms with Crippen LogP contribution in [0.5, 0.6) is 0 Å². The van der Waals surface area contributed by atoms with E-state index in [0.29, 0.717) is 0 Å². The maximum absolute atomic E-state index is 10.0. The Labute approximate surface area is 243 Å². The van der Waals surface area contributed by atoms with E-state index in [1.54, 1.807) is 22.7 Å². The van der Waals surface area contributed by atoms with Gasteiger partial charge in [0.15, 0.2) is 0 Å². The number of rotatable bonds is 4. The van der Waals surface area contributed by atoms with E-state index >= 15 is 0 Å². The quantitative estimate of drug-likeness (QED) is 0.172. The fourth-order valence-electron chi connectivity index (χ4n) is 3.58. The number of carbonyl (C=O) groups excluding carboxylic acids is 2. The number of thiophene rings is 2. The van der Waals surface area contributed by atoms with Crippen molar-refractivity contribution in [1.82, 2.24) is 9.97 Å². The topological polar surface area (TPSA) is 59.9 Å². The van der Waals surface area contributed by atoms with Crippen molar-refractivity contribution < 1.29 is 29.7 Å². The van der Waals surface area contributed by atoms with Gasteiger partial charge in [0.2, 0.25) is 0 Å². The van der Waals surface area contributed by atoms with Crippen LogP contribution in [0.2, 0.25) is 0 Å². The number of carbonyl (C=O) groups is 2. The van der Waals surface area contributed by atoms with Gasteiger partial charge in [0.1, 0.15) is 11.6 Å². The van der Waals surface area contributed by atoms with Gasteiger partial charge in [0, 0.05) is 21.8 Å². The van der Waals surface area contributed by atoms with Crippen LogP contribution in [0.25, 0.3) is 41.3 Å². The molecule has 0 bridgehead atoms. The van der Waals surface area contributed by atoms with Gasteiger partial charge in [-0.15, -0.1) is 22.7 Å². The van der Waals surface area contributed by atoms with Gasteiger partial charge in [0.25, 0.3) is 0 Å². The van der Waals surface area contributed by atoms with Crippen molar-refractivity contribution in [3.05, 3.63) is 109 Å². The van der Waals surface area contributed by atoms with Crippen LogP contribution in [0.4, 0.5) is 0 Å². The first-order chi connectivity index (χ1) is 18.0. The summed E-state index contributed by atoms with van der Waals surface area (Å²) < 4.78 is 2.64. The first-order valence-electron chi connectivity index (χ1n) is 11.8. The number of ketones is 2. The number of benzene rings is 2. The van der Waals surface area contributed by atoms with Gasteiger partial charge >= 0.3 is 20.1 Å². The molecule has 0 saturated carbocycles. The molecule has 6 rings (SSSR count). The van der Waals surface area contributed by atoms with Gasteiger partial charge in [0.05, 0.1) is 27.6 Å². The standard InChI is InChI=1S/2C13H9NS.C5H8O2.Ir/c2*1-2-7-12-10(5-1)9-13(15-12)11-6-3-4-8-14-11;1-4(6)3-5(2)7;/h2*1-9H;3H2,1-2H3;/q;;;+3. The zero-order valence-electron chi connectivity index (χ0n) is 21.0. The van der Waals surface area contributed by atoms with Crippen molar-refractivity contribution in [2.24, 2.45) is 0 Å². The average molecular weight is 715 g/mol. The molecule has 0 radical (unpaired) electrons. The number of aromatic nitrogens is 2. The first-order valence-corrected chi connectivity index (χ1v) is 13.4. The van der Waals surface area contributed by atoms with Crippen LogP contribution in [0.15, 0.2) is 109 Å². The third-order valence-electron chi connectivity index (χ3n) is 5.18. The first kappa shape index (κ1) is 29.2. The number of nitrogens with zero attached hydrogens (tertiary/aromatic N) is 2. The van der Waals surface area contributed by atoms with E-state index in [1.807, 2.05) is 48.8 Å². The van der Waals surface area contributed by atoms with Crippen LogP contribution in [-0.4, -0.2) is 21.5 Å². The molecule has 6 aromatic rings. The van der Waals surface area contributed by atoms with Crippen molar-refractivity contribution in [3.8, 4) is 21.1 Å². The Bertz CT molecular complexity index is 1430. The van der Waals surface area contributed by atoms with Crippen molar-refractivity contribution in [2.45, 2.75) is 20.3 Å². The molecule has 0 aliphatic carbocycles. The zero-order chi connectivity index (χ0) is 26.0. The Balaban J connectivity index is 0.000000167. The Hall–Kier alpha value is -3.35. The van der Waals surface area contributed by atoms with E-state index in [2.05, 4.69) is 70.6 Å². The summed E-state index contributed by atoms with van der Waals surface area (Å²) in [4.78, 5) is 31.2. The third kappa shape index (κ3) is 8.33. The fourth-order valence-corrected chi connectivity index (χ4v) is 5.66.